The summed E-state index contributed by atoms with van der Waals surface area (Å²) >= 11 is 0. The lowest BCUT2D eigenvalue weighted by Crippen LogP contribution is -2.57. The molecular formula is C24H28FN3O2. The molecule has 5 nitrogen and oxygen atoms in total. The lowest BCUT2D eigenvalue weighted by Gasteiger charge is -2.40. The first-order valence-corrected chi connectivity index (χ1v) is 10.5. The first kappa shape index (κ1) is 20.5. The topological polar surface area (TPSA) is 61.4 Å². The Kier molecular flexibility index (Phi) is 5.60. The molecule has 0 aromatic heterocycles. The number of benzene rings is 2. The van der Waals surface area contributed by atoms with Gasteiger partial charge in [-0.05, 0) is 74.0 Å². The predicted molar refractivity (Wildman–Crippen MR) is 113 cm³/mol. The van der Waals surface area contributed by atoms with E-state index in [0.29, 0.717) is 5.56 Å². The summed E-state index contributed by atoms with van der Waals surface area (Å²) in [6.07, 6.45) is 1.71. The van der Waals surface area contributed by atoms with Crippen LogP contribution in [0.25, 0.3) is 0 Å². The van der Waals surface area contributed by atoms with Crippen molar-refractivity contribution >= 4 is 11.9 Å². The van der Waals surface area contributed by atoms with Gasteiger partial charge in [0.25, 0.3) is 5.91 Å². The van der Waals surface area contributed by atoms with E-state index in [1.165, 1.54) is 22.8 Å². The van der Waals surface area contributed by atoms with Gasteiger partial charge in [0.2, 0.25) is 0 Å². The number of rotatable bonds is 5. The second-order valence-corrected chi connectivity index (χ2v) is 8.62. The average Bonchev–Trinajstić information content (AvgIpc) is 3.01. The fourth-order valence-corrected chi connectivity index (χ4v) is 4.75. The summed E-state index contributed by atoms with van der Waals surface area (Å²) in [4.78, 5) is 27.2. The maximum absolute atomic E-state index is 14.3. The number of imide groups is 1. The maximum atomic E-state index is 14.3. The monoisotopic (exact) mass is 409 g/mol. The summed E-state index contributed by atoms with van der Waals surface area (Å²) in [6.45, 7) is 6.77. The maximum Gasteiger partial charge on any atom is 0.322 e. The minimum absolute atomic E-state index is 0.0421. The van der Waals surface area contributed by atoms with Crippen LogP contribution in [0.3, 0.4) is 0 Å². The predicted octanol–water partition coefficient (Wildman–Crippen LogP) is 3.48. The van der Waals surface area contributed by atoms with Crippen LogP contribution in [0.5, 0.6) is 0 Å². The van der Waals surface area contributed by atoms with E-state index >= 15 is 0 Å². The van der Waals surface area contributed by atoms with Crippen LogP contribution in [0.4, 0.5) is 9.18 Å². The van der Waals surface area contributed by atoms with E-state index in [1.807, 2.05) is 0 Å². The zero-order valence-electron chi connectivity index (χ0n) is 17.5. The number of carbonyl (C=O) groups excluding carboxylic acids is 2. The van der Waals surface area contributed by atoms with Gasteiger partial charge in [-0.15, -0.1) is 0 Å². The standard InChI is InChI=1S/C24H28FN3O2/c1-16-7-8-18(13-17(16)2)15-28-11-9-20(10-12-28)24(22(29)26-23(30)27-24)14-19-5-3-4-6-21(19)25/h3-8,13,20H,9-12,14-15H2,1-2H3,(H2,26,27,29,30). The normalized spacial score (nSPS) is 22.8. The van der Waals surface area contributed by atoms with Crippen LogP contribution in [0.1, 0.15) is 35.1 Å². The van der Waals surface area contributed by atoms with Crippen molar-refractivity contribution in [3.8, 4) is 0 Å². The number of hydrogen-bond acceptors (Lipinski definition) is 3. The molecule has 2 aliphatic heterocycles. The van der Waals surface area contributed by atoms with E-state index in [4.69, 9.17) is 0 Å². The highest BCUT2D eigenvalue weighted by Crippen LogP contribution is 2.35. The second-order valence-electron chi connectivity index (χ2n) is 8.62. The number of halogens is 1. The van der Waals surface area contributed by atoms with E-state index in [1.54, 1.807) is 18.2 Å². The van der Waals surface area contributed by atoms with Gasteiger partial charge in [-0.25, -0.2) is 9.18 Å². The van der Waals surface area contributed by atoms with Crippen molar-refractivity contribution in [1.82, 2.24) is 15.5 Å². The summed E-state index contributed by atoms with van der Waals surface area (Å²) in [5.74, 6) is -0.735. The molecule has 0 radical (unpaired) electrons. The summed E-state index contributed by atoms with van der Waals surface area (Å²) in [6, 6.07) is 12.5. The average molecular weight is 410 g/mol. The van der Waals surface area contributed by atoms with Crippen LogP contribution < -0.4 is 10.6 Å². The van der Waals surface area contributed by atoms with E-state index in [9.17, 15) is 14.0 Å². The zero-order chi connectivity index (χ0) is 21.3. The van der Waals surface area contributed by atoms with Crippen LogP contribution in [0.2, 0.25) is 0 Å². The van der Waals surface area contributed by atoms with Crippen LogP contribution in [-0.4, -0.2) is 35.5 Å². The minimum atomic E-state index is -1.09. The minimum Gasteiger partial charge on any atom is -0.323 e. The molecule has 2 aromatic rings. The smallest absolute Gasteiger partial charge is 0.322 e. The molecule has 2 N–H and O–H groups in total. The molecule has 4 rings (SSSR count). The van der Waals surface area contributed by atoms with Crippen LogP contribution in [0.15, 0.2) is 42.5 Å². The third-order valence-corrected chi connectivity index (χ3v) is 6.66. The molecule has 2 heterocycles. The van der Waals surface area contributed by atoms with Gasteiger partial charge in [0.15, 0.2) is 0 Å². The van der Waals surface area contributed by atoms with Gasteiger partial charge in [-0.3, -0.25) is 15.0 Å². The molecule has 0 aliphatic carbocycles. The van der Waals surface area contributed by atoms with Crippen molar-refractivity contribution < 1.29 is 14.0 Å². The highest BCUT2D eigenvalue weighted by molar-refractivity contribution is 6.07. The van der Waals surface area contributed by atoms with E-state index in [-0.39, 0.29) is 24.1 Å². The summed E-state index contributed by atoms with van der Waals surface area (Å²) in [5.41, 5.74) is 3.22. The second kappa shape index (κ2) is 8.19. The van der Waals surface area contributed by atoms with Crippen molar-refractivity contribution in [1.29, 1.82) is 0 Å². The highest BCUT2D eigenvalue weighted by atomic mass is 19.1. The summed E-state index contributed by atoms with van der Waals surface area (Å²) in [7, 11) is 0. The molecule has 0 bridgehead atoms. The van der Waals surface area contributed by atoms with E-state index in [2.05, 4.69) is 47.6 Å². The molecular weight excluding hydrogens is 381 g/mol. The molecule has 30 heavy (non-hydrogen) atoms. The van der Waals surface area contributed by atoms with Gasteiger partial charge in [0.1, 0.15) is 11.4 Å². The molecule has 3 amide bonds. The zero-order valence-corrected chi connectivity index (χ0v) is 17.5. The summed E-state index contributed by atoms with van der Waals surface area (Å²) < 4.78 is 14.3. The van der Waals surface area contributed by atoms with Crippen LogP contribution in [-0.2, 0) is 17.8 Å². The Morgan fingerprint density at radius 1 is 1.07 bits per heavy atom. The molecule has 1 unspecified atom stereocenters. The molecule has 0 spiro atoms. The highest BCUT2D eigenvalue weighted by Gasteiger charge is 2.52. The first-order chi connectivity index (χ1) is 14.4. The first-order valence-electron chi connectivity index (χ1n) is 10.5. The van der Waals surface area contributed by atoms with E-state index in [0.717, 1.165) is 32.5 Å². The van der Waals surface area contributed by atoms with Crippen molar-refractivity contribution in [2.75, 3.05) is 13.1 Å². The molecule has 158 valence electrons. The van der Waals surface area contributed by atoms with E-state index < -0.39 is 11.6 Å². The molecule has 2 aromatic carbocycles. The van der Waals surface area contributed by atoms with Gasteiger partial charge >= 0.3 is 6.03 Å². The third-order valence-electron chi connectivity index (χ3n) is 6.66. The summed E-state index contributed by atoms with van der Waals surface area (Å²) in [5, 5.41) is 5.24. The Labute approximate surface area is 176 Å². The fourth-order valence-electron chi connectivity index (χ4n) is 4.75. The van der Waals surface area contributed by atoms with Gasteiger partial charge in [-0.1, -0.05) is 36.4 Å². The molecule has 0 saturated carbocycles. The number of aryl methyl sites for hydroxylation is 2. The number of nitrogens with zero attached hydrogens (tertiary/aromatic N) is 1. The largest absolute Gasteiger partial charge is 0.323 e. The SMILES string of the molecule is Cc1ccc(CN2CCC(C3(Cc4ccccc4F)NC(=O)NC3=O)CC2)cc1C. The molecule has 2 fully saturated rings. The molecule has 2 aliphatic rings. The Bertz CT molecular complexity index is 969. The Balaban J connectivity index is 1.48. The molecule has 6 heteroatoms. The van der Waals surface area contributed by atoms with Gasteiger partial charge < -0.3 is 5.32 Å². The lowest BCUT2D eigenvalue weighted by molar-refractivity contribution is -0.126. The number of urea groups is 1. The van der Waals surface area contributed by atoms with Gasteiger partial charge in [-0.2, -0.15) is 0 Å². The number of carbonyl (C=O) groups is 2. The number of amides is 3. The van der Waals surface area contributed by atoms with Crippen molar-refractivity contribution in [2.24, 2.45) is 5.92 Å². The Morgan fingerprint density at radius 3 is 2.43 bits per heavy atom. The van der Waals surface area contributed by atoms with Gasteiger partial charge in [0, 0.05) is 13.0 Å². The third kappa shape index (κ3) is 3.97. The molecule has 1 atom stereocenters. The fraction of sp³-hybridized carbons (Fsp3) is 0.417. The Morgan fingerprint density at radius 2 is 1.80 bits per heavy atom. The number of likely N-dealkylation sites (tertiary alicyclic amines) is 1. The van der Waals surface area contributed by atoms with Crippen molar-refractivity contribution in [2.45, 2.75) is 45.2 Å². The van der Waals surface area contributed by atoms with Crippen LogP contribution in [0, 0.1) is 25.6 Å². The number of piperidine rings is 1. The number of hydrogen-bond donors (Lipinski definition) is 2. The quantitative estimate of drug-likeness (QED) is 0.744. The van der Waals surface area contributed by atoms with Crippen molar-refractivity contribution in [3.63, 3.8) is 0 Å². The van der Waals surface area contributed by atoms with Crippen molar-refractivity contribution in [3.05, 3.63) is 70.5 Å². The lowest BCUT2D eigenvalue weighted by atomic mass is 9.74. The van der Waals surface area contributed by atoms with Gasteiger partial charge in [0.05, 0.1) is 0 Å². The van der Waals surface area contributed by atoms with Crippen LogP contribution >= 0.6 is 0 Å². The molecule has 2 saturated heterocycles. The number of nitrogens with one attached hydrogen (secondary N) is 2. The Hall–Kier alpha value is -2.73.